The summed E-state index contributed by atoms with van der Waals surface area (Å²) in [4.78, 5) is 27.9. The van der Waals surface area contributed by atoms with Crippen LogP contribution in [0.5, 0.6) is 0 Å². The number of carbonyl (C=O) groups excluding carboxylic acids is 2. The van der Waals surface area contributed by atoms with Crippen molar-refractivity contribution < 1.29 is 19.2 Å². The second-order valence-electron chi connectivity index (χ2n) is 7.29. The van der Waals surface area contributed by atoms with E-state index in [4.69, 9.17) is 15.3 Å². The lowest BCUT2D eigenvalue weighted by Crippen LogP contribution is -2.29. The Balaban J connectivity index is 0.000000823. The third-order valence-electron chi connectivity index (χ3n) is 3.70. The van der Waals surface area contributed by atoms with E-state index in [1.54, 1.807) is 0 Å². The first-order valence-electron chi connectivity index (χ1n) is 9.18. The highest BCUT2D eigenvalue weighted by Crippen LogP contribution is 2.19. The first-order valence-corrected chi connectivity index (χ1v) is 9.18. The van der Waals surface area contributed by atoms with Crippen LogP contribution in [0.1, 0.15) is 73.1 Å². The van der Waals surface area contributed by atoms with Gasteiger partial charge in [-0.25, -0.2) is 0 Å². The van der Waals surface area contributed by atoms with Crippen LogP contribution < -0.4 is 5.73 Å². The Morgan fingerprint density at radius 2 is 1.84 bits per heavy atom. The fourth-order valence-corrected chi connectivity index (χ4v) is 2.28. The Morgan fingerprint density at radius 3 is 2.24 bits per heavy atom. The monoisotopic (exact) mass is 356 g/mol. The topological polar surface area (TPSA) is 81.9 Å². The molecule has 0 atom stereocenters. The largest absolute Gasteiger partial charge is 0.375 e. The van der Waals surface area contributed by atoms with Gasteiger partial charge in [0.2, 0.25) is 0 Å². The zero-order valence-electron chi connectivity index (χ0n) is 16.6. The summed E-state index contributed by atoms with van der Waals surface area (Å²) in [6.07, 6.45) is 4.08. The molecule has 0 radical (unpaired) electrons. The number of hydrogen-bond acceptors (Lipinski definition) is 5. The van der Waals surface area contributed by atoms with Gasteiger partial charge >= 0.3 is 0 Å². The van der Waals surface area contributed by atoms with Gasteiger partial charge in [0.15, 0.2) is 0 Å². The first-order chi connectivity index (χ1) is 11.6. The fraction of sp³-hybridized carbons (Fsp3) is 0.789. The molecule has 0 aliphatic carbocycles. The minimum Gasteiger partial charge on any atom is -0.375 e. The van der Waals surface area contributed by atoms with Gasteiger partial charge < -0.3 is 15.3 Å². The van der Waals surface area contributed by atoms with Crippen molar-refractivity contribution in [1.29, 1.82) is 0 Å². The van der Waals surface area contributed by atoms with Gasteiger partial charge in [-0.15, -0.1) is 5.06 Å². The second kappa shape index (κ2) is 12.0. The van der Waals surface area contributed by atoms with Crippen LogP contribution in [0.25, 0.3) is 0 Å². The minimum absolute atomic E-state index is 0.172. The molecule has 1 heterocycles. The molecular formula is C19H36N2O4. The van der Waals surface area contributed by atoms with Crippen molar-refractivity contribution >= 4 is 11.8 Å². The van der Waals surface area contributed by atoms with E-state index in [1.807, 2.05) is 13.8 Å². The summed E-state index contributed by atoms with van der Waals surface area (Å²) in [5, 5.41) is 0.805. The average molecular weight is 357 g/mol. The number of imide groups is 1. The number of nitrogens with zero attached hydrogens (tertiary/aromatic N) is 1. The Morgan fingerprint density at radius 1 is 1.28 bits per heavy atom. The molecule has 25 heavy (non-hydrogen) atoms. The molecular weight excluding hydrogens is 320 g/mol. The van der Waals surface area contributed by atoms with Crippen LogP contribution >= 0.6 is 0 Å². The average Bonchev–Trinajstić information content (AvgIpc) is 2.79. The maximum atomic E-state index is 11.3. The van der Waals surface area contributed by atoms with E-state index in [2.05, 4.69) is 27.4 Å². The van der Waals surface area contributed by atoms with Crippen molar-refractivity contribution in [2.75, 3.05) is 13.2 Å². The number of ether oxygens (including phenoxy) is 1. The highest BCUT2D eigenvalue weighted by molar-refractivity contribution is 6.00. The van der Waals surface area contributed by atoms with Gasteiger partial charge in [0.1, 0.15) is 5.76 Å². The number of hydroxylamine groups is 2. The van der Waals surface area contributed by atoms with Crippen LogP contribution in [-0.4, -0.2) is 35.6 Å². The summed E-state index contributed by atoms with van der Waals surface area (Å²) < 4.78 is 5.73. The van der Waals surface area contributed by atoms with Crippen molar-refractivity contribution in [3.8, 4) is 0 Å². The lowest BCUT2D eigenvalue weighted by molar-refractivity contribution is -0.177. The van der Waals surface area contributed by atoms with E-state index in [0.717, 1.165) is 36.8 Å². The van der Waals surface area contributed by atoms with Crippen LogP contribution in [0, 0.1) is 5.92 Å². The smallest absolute Gasteiger partial charge is 0.263 e. The van der Waals surface area contributed by atoms with Crippen molar-refractivity contribution in [2.24, 2.45) is 11.7 Å². The number of carbonyl (C=O) groups is 2. The zero-order chi connectivity index (χ0) is 19.5. The Bertz CT molecular complexity index is 417. The van der Waals surface area contributed by atoms with Gasteiger partial charge in [-0.1, -0.05) is 33.8 Å². The standard InChI is InChI=1S/C14H23NO4.C5H13N/c1-5-9-14(3,4)18-10-8-11(2)19-15-12(16)6-7-13(15)17;1-5(2)3-4-6/h2,5-10H2,1,3-4H3;5H,3-4,6H2,1-2H3. The maximum absolute atomic E-state index is 11.3. The van der Waals surface area contributed by atoms with E-state index in [9.17, 15) is 9.59 Å². The molecule has 1 saturated heterocycles. The van der Waals surface area contributed by atoms with Crippen LogP contribution in [0.3, 0.4) is 0 Å². The Hall–Kier alpha value is -1.40. The molecule has 0 aromatic heterocycles. The zero-order valence-corrected chi connectivity index (χ0v) is 16.6. The molecule has 6 heteroatoms. The van der Waals surface area contributed by atoms with Crippen LogP contribution in [0.2, 0.25) is 0 Å². The lowest BCUT2D eigenvalue weighted by Gasteiger charge is -2.25. The van der Waals surface area contributed by atoms with Crippen molar-refractivity contribution in [1.82, 2.24) is 5.06 Å². The van der Waals surface area contributed by atoms with Gasteiger partial charge in [-0.3, -0.25) is 9.59 Å². The summed E-state index contributed by atoms with van der Waals surface area (Å²) in [7, 11) is 0. The summed E-state index contributed by atoms with van der Waals surface area (Å²) in [5.74, 6) is 0.530. The summed E-state index contributed by atoms with van der Waals surface area (Å²) in [6.45, 7) is 15.5. The molecule has 2 N–H and O–H groups in total. The van der Waals surface area contributed by atoms with Gasteiger partial charge in [0.25, 0.3) is 11.8 Å². The lowest BCUT2D eigenvalue weighted by atomic mass is 10.0. The quantitative estimate of drug-likeness (QED) is 0.478. The van der Waals surface area contributed by atoms with Crippen LogP contribution in [0.15, 0.2) is 12.3 Å². The molecule has 6 nitrogen and oxygen atoms in total. The highest BCUT2D eigenvalue weighted by atomic mass is 16.7. The number of hydrogen-bond donors (Lipinski definition) is 1. The van der Waals surface area contributed by atoms with E-state index >= 15 is 0 Å². The van der Waals surface area contributed by atoms with Crippen molar-refractivity contribution in [3.05, 3.63) is 12.3 Å². The van der Waals surface area contributed by atoms with Gasteiger partial charge in [0.05, 0.1) is 12.2 Å². The Kier molecular flexibility index (Phi) is 11.4. The third kappa shape index (κ3) is 10.9. The van der Waals surface area contributed by atoms with E-state index in [-0.39, 0.29) is 30.3 Å². The van der Waals surface area contributed by atoms with Crippen LogP contribution in [0.4, 0.5) is 0 Å². The van der Waals surface area contributed by atoms with Gasteiger partial charge in [-0.2, -0.15) is 0 Å². The van der Waals surface area contributed by atoms with Gasteiger partial charge in [-0.05, 0) is 39.2 Å². The highest BCUT2D eigenvalue weighted by Gasteiger charge is 2.31. The molecule has 0 bridgehead atoms. The minimum atomic E-state index is -0.307. The molecule has 146 valence electrons. The molecule has 1 fully saturated rings. The second-order valence-corrected chi connectivity index (χ2v) is 7.29. The number of nitrogens with two attached hydrogens (primary N) is 1. The maximum Gasteiger partial charge on any atom is 0.263 e. The Labute approximate surface area is 152 Å². The molecule has 2 amide bonds. The molecule has 0 aromatic rings. The SMILES string of the molecule is C=C(CCOC(C)(C)CCC)ON1C(=O)CCC1=O.CC(C)CCN. The number of amides is 2. The molecule has 0 aromatic carbocycles. The molecule has 1 rings (SSSR count). The summed E-state index contributed by atoms with van der Waals surface area (Å²) in [6, 6.07) is 0. The molecule has 1 aliphatic rings. The molecule has 1 aliphatic heterocycles. The summed E-state index contributed by atoms with van der Waals surface area (Å²) in [5.41, 5.74) is 5.06. The van der Waals surface area contributed by atoms with Crippen molar-refractivity contribution in [2.45, 2.75) is 78.7 Å². The van der Waals surface area contributed by atoms with Gasteiger partial charge in [0, 0.05) is 19.3 Å². The first kappa shape index (κ1) is 23.6. The normalized spacial score (nSPS) is 14.6. The summed E-state index contributed by atoms with van der Waals surface area (Å²) >= 11 is 0. The molecule has 0 spiro atoms. The predicted molar refractivity (Wildman–Crippen MR) is 99.4 cm³/mol. The third-order valence-corrected chi connectivity index (χ3v) is 3.70. The predicted octanol–water partition coefficient (Wildman–Crippen LogP) is 3.56. The van der Waals surface area contributed by atoms with Crippen molar-refractivity contribution in [3.63, 3.8) is 0 Å². The molecule has 0 unspecified atom stereocenters. The van der Waals surface area contributed by atoms with E-state index < -0.39 is 0 Å². The fourth-order valence-electron chi connectivity index (χ4n) is 2.28. The van der Waals surface area contributed by atoms with Crippen LogP contribution in [-0.2, 0) is 19.2 Å². The molecule has 0 saturated carbocycles. The van der Waals surface area contributed by atoms with E-state index in [0.29, 0.717) is 18.8 Å². The number of rotatable bonds is 10. The van der Waals surface area contributed by atoms with E-state index in [1.165, 1.54) is 0 Å².